The highest BCUT2D eigenvalue weighted by atomic mass is 16.5. The highest BCUT2D eigenvalue weighted by molar-refractivity contribution is 5.45. The average Bonchev–Trinajstić information content (AvgIpc) is 2.88. The molecular formula is C13H23N7O. The van der Waals surface area contributed by atoms with Gasteiger partial charge in [-0.3, -0.25) is 5.43 Å². The van der Waals surface area contributed by atoms with Crippen molar-refractivity contribution >= 4 is 17.8 Å². The van der Waals surface area contributed by atoms with Gasteiger partial charge in [0.2, 0.25) is 17.8 Å². The Balaban J connectivity index is 1.86. The molecule has 2 aliphatic heterocycles. The molecule has 0 saturated carbocycles. The zero-order valence-electron chi connectivity index (χ0n) is 12.7. The second-order valence-electron chi connectivity index (χ2n) is 6.34. The quantitative estimate of drug-likeness (QED) is 0.604. The number of nitrogen functional groups attached to an aromatic ring is 1. The van der Waals surface area contributed by atoms with Gasteiger partial charge in [-0.2, -0.15) is 15.0 Å². The summed E-state index contributed by atoms with van der Waals surface area (Å²) >= 11 is 0. The first-order chi connectivity index (χ1) is 10.1. The number of rotatable bonds is 3. The van der Waals surface area contributed by atoms with E-state index in [1.165, 1.54) is 0 Å². The molecule has 0 atom stereocenters. The number of anilines is 3. The molecule has 3 rings (SSSR count). The molecule has 0 amide bonds. The summed E-state index contributed by atoms with van der Waals surface area (Å²) < 4.78 is 5.37. The van der Waals surface area contributed by atoms with Crippen LogP contribution in [0.3, 0.4) is 0 Å². The van der Waals surface area contributed by atoms with Crippen LogP contribution in [0.2, 0.25) is 0 Å². The molecule has 8 nitrogen and oxygen atoms in total. The number of nitrogens with two attached hydrogens (primary N) is 1. The van der Waals surface area contributed by atoms with E-state index in [2.05, 4.69) is 44.0 Å². The Bertz CT molecular complexity index is 501. The van der Waals surface area contributed by atoms with Gasteiger partial charge in [-0.05, 0) is 11.8 Å². The molecule has 0 bridgehead atoms. The molecule has 0 aliphatic carbocycles. The lowest BCUT2D eigenvalue weighted by Crippen LogP contribution is -2.38. The summed E-state index contributed by atoms with van der Waals surface area (Å²) in [7, 11) is 0. The van der Waals surface area contributed by atoms with Crippen LogP contribution in [0.25, 0.3) is 0 Å². The van der Waals surface area contributed by atoms with Gasteiger partial charge in [0, 0.05) is 26.2 Å². The number of ether oxygens (including phenoxy) is 1. The second kappa shape index (κ2) is 5.61. The molecule has 0 radical (unpaired) electrons. The number of nitrogens with zero attached hydrogens (tertiary/aromatic N) is 5. The summed E-state index contributed by atoms with van der Waals surface area (Å²) in [5.41, 5.74) is 2.84. The number of aromatic nitrogens is 3. The van der Waals surface area contributed by atoms with E-state index in [0.29, 0.717) is 36.5 Å². The van der Waals surface area contributed by atoms with Gasteiger partial charge >= 0.3 is 0 Å². The molecule has 1 aromatic rings. The summed E-state index contributed by atoms with van der Waals surface area (Å²) in [6.45, 7) is 9.41. The standard InChI is InChI=1S/C13H23N7O/c1-13(2)3-4-20(9-13)12-16-10(18-14)15-11(17-12)19-5-7-21-8-6-19/h3-9,14H2,1-2H3,(H,15,16,17,18). The van der Waals surface area contributed by atoms with Gasteiger partial charge in [0.25, 0.3) is 0 Å². The van der Waals surface area contributed by atoms with Crippen LogP contribution in [-0.4, -0.2) is 54.3 Å². The predicted octanol–water partition coefficient (Wildman–Crippen LogP) is 0.230. The van der Waals surface area contributed by atoms with Crippen molar-refractivity contribution < 1.29 is 4.74 Å². The maximum Gasteiger partial charge on any atom is 0.243 e. The topological polar surface area (TPSA) is 92.4 Å². The molecule has 0 aromatic carbocycles. The molecule has 1 aromatic heterocycles. The SMILES string of the molecule is CC1(C)CCN(c2nc(NN)nc(N3CCOCC3)n2)C1. The fourth-order valence-electron chi connectivity index (χ4n) is 2.75. The minimum atomic E-state index is 0.294. The minimum absolute atomic E-state index is 0.294. The third-order valence-electron chi connectivity index (χ3n) is 4.00. The highest BCUT2D eigenvalue weighted by Gasteiger charge is 2.31. The fourth-order valence-corrected chi connectivity index (χ4v) is 2.75. The molecule has 2 fully saturated rings. The molecule has 8 heteroatoms. The Kier molecular flexibility index (Phi) is 3.81. The van der Waals surface area contributed by atoms with Crippen LogP contribution in [-0.2, 0) is 4.74 Å². The van der Waals surface area contributed by atoms with Gasteiger partial charge in [0.05, 0.1) is 13.2 Å². The van der Waals surface area contributed by atoms with Crippen molar-refractivity contribution in [3.63, 3.8) is 0 Å². The molecule has 2 saturated heterocycles. The highest BCUT2D eigenvalue weighted by Crippen LogP contribution is 2.31. The van der Waals surface area contributed by atoms with Crippen molar-refractivity contribution in [1.82, 2.24) is 15.0 Å². The lowest BCUT2D eigenvalue weighted by molar-refractivity contribution is 0.122. The van der Waals surface area contributed by atoms with Crippen LogP contribution in [0.4, 0.5) is 17.8 Å². The Morgan fingerprint density at radius 2 is 1.71 bits per heavy atom. The monoisotopic (exact) mass is 293 g/mol. The maximum atomic E-state index is 5.50. The van der Waals surface area contributed by atoms with E-state index in [1.54, 1.807) is 0 Å². The van der Waals surface area contributed by atoms with Gasteiger partial charge in [0.15, 0.2) is 0 Å². The van der Waals surface area contributed by atoms with Crippen LogP contribution in [0.15, 0.2) is 0 Å². The molecule has 116 valence electrons. The number of hydrogen-bond donors (Lipinski definition) is 2. The second-order valence-corrected chi connectivity index (χ2v) is 6.34. The van der Waals surface area contributed by atoms with Gasteiger partial charge in [0.1, 0.15) is 0 Å². The zero-order chi connectivity index (χ0) is 14.9. The molecular weight excluding hydrogens is 270 g/mol. The number of hydrazine groups is 1. The zero-order valence-corrected chi connectivity index (χ0v) is 12.7. The van der Waals surface area contributed by atoms with Crippen molar-refractivity contribution in [2.45, 2.75) is 20.3 Å². The Morgan fingerprint density at radius 1 is 1.05 bits per heavy atom. The normalized spacial score (nSPS) is 21.7. The molecule has 3 N–H and O–H groups in total. The Labute approximate surface area is 124 Å². The van der Waals surface area contributed by atoms with E-state index in [9.17, 15) is 0 Å². The molecule has 3 heterocycles. The molecule has 0 spiro atoms. The lowest BCUT2D eigenvalue weighted by Gasteiger charge is -2.28. The number of morpholine rings is 1. The van der Waals surface area contributed by atoms with E-state index in [-0.39, 0.29) is 0 Å². The van der Waals surface area contributed by atoms with E-state index >= 15 is 0 Å². The predicted molar refractivity (Wildman–Crippen MR) is 81.3 cm³/mol. The van der Waals surface area contributed by atoms with Gasteiger partial charge in [-0.1, -0.05) is 13.8 Å². The third-order valence-corrected chi connectivity index (χ3v) is 4.00. The molecule has 2 aliphatic rings. The van der Waals surface area contributed by atoms with Crippen LogP contribution in [0.5, 0.6) is 0 Å². The summed E-state index contributed by atoms with van der Waals surface area (Å²) in [5, 5.41) is 0. The number of nitrogens with one attached hydrogen (secondary N) is 1. The van der Waals surface area contributed by atoms with E-state index in [0.717, 1.165) is 32.6 Å². The van der Waals surface area contributed by atoms with E-state index in [1.807, 2.05) is 0 Å². The number of hydrogen-bond acceptors (Lipinski definition) is 8. The molecule has 0 unspecified atom stereocenters. The maximum absolute atomic E-state index is 5.50. The average molecular weight is 293 g/mol. The van der Waals surface area contributed by atoms with Crippen molar-refractivity contribution in [3.8, 4) is 0 Å². The first kappa shape index (κ1) is 14.3. The largest absolute Gasteiger partial charge is 0.378 e. The van der Waals surface area contributed by atoms with Gasteiger partial charge < -0.3 is 14.5 Å². The van der Waals surface area contributed by atoms with E-state index in [4.69, 9.17) is 10.6 Å². The summed E-state index contributed by atoms with van der Waals surface area (Å²) in [4.78, 5) is 17.7. The van der Waals surface area contributed by atoms with Crippen molar-refractivity contribution in [2.75, 3.05) is 54.6 Å². The first-order valence-corrected chi connectivity index (χ1v) is 7.38. The lowest BCUT2D eigenvalue weighted by atomic mass is 9.93. The first-order valence-electron chi connectivity index (χ1n) is 7.38. The minimum Gasteiger partial charge on any atom is -0.378 e. The van der Waals surface area contributed by atoms with Crippen molar-refractivity contribution in [3.05, 3.63) is 0 Å². The van der Waals surface area contributed by atoms with E-state index < -0.39 is 0 Å². The Morgan fingerprint density at radius 3 is 2.29 bits per heavy atom. The molecule has 21 heavy (non-hydrogen) atoms. The van der Waals surface area contributed by atoms with Crippen LogP contribution >= 0.6 is 0 Å². The van der Waals surface area contributed by atoms with Gasteiger partial charge in [-0.15, -0.1) is 0 Å². The Hall–Kier alpha value is -1.67. The fraction of sp³-hybridized carbons (Fsp3) is 0.769. The third kappa shape index (κ3) is 3.16. The van der Waals surface area contributed by atoms with Crippen LogP contribution in [0, 0.1) is 5.41 Å². The van der Waals surface area contributed by atoms with Gasteiger partial charge in [-0.25, -0.2) is 5.84 Å². The smallest absolute Gasteiger partial charge is 0.243 e. The summed E-state index contributed by atoms with van der Waals surface area (Å²) in [5.74, 6) is 7.28. The van der Waals surface area contributed by atoms with Crippen molar-refractivity contribution in [2.24, 2.45) is 11.3 Å². The van der Waals surface area contributed by atoms with Crippen LogP contribution in [0.1, 0.15) is 20.3 Å². The summed E-state index contributed by atoms with van der Waals surface area (Å²) in [6, 6.07) is 0. The summed E-state index contributed by atoms with van der Waals surface area (Å²) in [6.07, 6.45) is 1.14. The van der Waals surface area contributed by atoms with Crippen molar-refractivity contribution in [1.29, 1.82) is 0 Å². The van der Waals surface area contributed by atoms with Crippen LogP contribution < -0.4 is 21.1 Å².